The predicted molar refractivity (Wildman–Crippen MR) is 90.1 cm³/mol. The third kappa shape index (κ3) is 4.09. The molecule has 0 N–H and O–H groups in total. The van der Waals surface area contributed by atoms with E-state index in [1.807, 2.05) is 0 Å². The largest absolute Gasteiger partial charge is 1.00 e. The normalized spacial score (nSPS) is 12.8. The van der Waals surface area contributed by atoms with Crippen LogP contribution >= 0.6 is 0 Å². The van der Waals surface area contributed by atoms with Crippen LogP contribution in [0.5, 0.6) is 5.75 Å². The van der Waals surface area contributed by atoms with E-state index in [0.29, 0.717) is 11.3 Å². The Labute approximate surface area is 191 Å². The first-order valence-electron chi connectivity index (χ1n) is 7.45. The van der Waals surface area contributed by atoms with Gasteiger partial charge in [-0.25, -0.2) is 4.79 Å². The molecule has 0 aliphatic carbocycles. The molecular weight excluding hydrogens is 369 g/mol. The first-order valence-corrected chi connectivity index (χ1v) is 7.45. The molecule has 2 unspecified atom stereocenters. The number of rotatable bonds is 5. The molecule has 134 valence electrons. The van der Waals surface area contributed by atoms with Gasteiger partial charge in [0.2, 0.25) is 0 Å². The predicted octanol–water partition coefficient (Wildman–Crippen LogP) is -3.03. The number of nitrogens with zero attached hydrogens (tertiary/aromatic N) is 3. The van der Waals surface area contributed by atoms with Gasteiger partial charge in [-0.1, -0.05) is 17.7 Å². The van der Waals surface area contributed by atoms with Crippen LogP contribution in [0.4, 0.5) is 0 Å². The van der Waals surface area contributed by atoms with Gasteiger partial charge < -0.3 is 14.3 Å². The third-order valence-electron chi connectivity index (χ3n) is 4.24. The quantitative estimate of drug-likeness (QED) is 0.233. The molecular formula is C16H18KN3O6. The Hall–Kier alpha value is -1.46. The Morgan fingerprint density at radius 1 is 1.08 bits per heavy atom. The maximum absolute atomic E-state index is 12.5. The minimum Gasteiger partial charge on any atom is -0.497 e. The van der Waals surface area contributed by atoms with Crippen LogP contribution in [0.15, 0.2) is 38.6 Å². The van der Waals surface area contributed by atoms with Gasteiger partial charge in [0, 0.05) is 25.9 Å². The van der Waals surface area contributed by atoms with Gasteiger partial charge >= 0.3 is 57.1 Å². The van der Waals surface area contributed by atoms with Gasteiger partial charge in [-0.3, -0.25) is 19.2 Å². The van der Waals surface area contributed by atoms with E-state index >= 15 is 0 Å². The first-order chi connectivity index (χ1) is 11.7. The number of methoxy groups -OCH3 is 1. The van der Waals surface area contributed by atoms with Crippen molar-refractivity contribution in [1.82, 2.24) is 9.13 Å². The Balaban J connectivity index is 0.00000338. The van der Waals surface area contributed by atoms with E-state index in [-0.39, 0.29) is 56.9 Å². The molecule has 0 aliphatic rings. The second-order valence-corrected chi connectivity index (χ2v) is 5.70. The van der Waals surface area contributed by atoms with Crippen molar-refractivity contribution in [2.75, 3.05) is 7.11 Å². The molecule has 2 aromatic rings. The fraction of sp³-hybridized carbons (Fsp3) is 0.375. The van der Waals surface area contributed by atoms with E-state index in [1.165, 1.54) is 28.1 Å². The van der Waals surface area contributed by atoms with Gasteiger partial charge in [-0.05, 0) is 18.1 Å². The van der Waals surface area contributed by atoms with E-state index in [4.69, 9.17) is 4.74 Å². The molecule has 2 rings (SSSR count). The molecule has 10 heteroatoms. The molecule has 0 saturated heterocycles. The Bertz CT molecular complexity index is 933. The monoisotopic (exact) mass is 387 g/mol. The molecule has 0 aliphatic heterocycles. The molecule has 0 bridgehead atoms. The number of aromatic nitrogens is 2. The summed E-state index contributed by atoms with van der Waals surface area (Å²) in [5.41, 5.74) is -2.33. The summed E-state index contributed by atoms with van der Waals surface area (Å²) in [6.07, 6.45) is 0. The van der Waals surface area contributed by atoms with Crippen molar-refractivity contribution < 1.29 is 61.0 Å². The fourth-order valence-corrected chi connectivity index (χ4v) is 2.74. The van der Waals surface area contributed by atoms with Crippen LogP contribution in [0.3, 0.4) is 0 Å². The average molecular weight is 387 g/mol. The Kier molecular flexibility index (Phi) is 7.78. The molecule has 9 nitrogen and oxygen atoms in total. The van der Waals surface area contributed by atoms with Crippen LogP contribution in [0.1, 0.15) is 24.0 Å². The summed E-state index contributed by atoms with van der Waals surface area (Å²) in [6, 6.07) is 5.06. The van der Waals surface area contributed by atoms with Gasteiger partial charge in [0.05, 0.1) is 7.11 Å². The van der Waals surface area contributed by atoms with E-state index in [9.17, 15) is 24.5 Å². The zero-order valence-corrected chi connectivity index (χ0v) is 18.4. The van der Waals surface area contributed by atoms with Gasteiger partial charge in [0.1, 0.15) is 16.9 Å². The zero-order valence-electron chi connectivity index (χ0n) is 15.3. The van der Waals surface area contributed by atoms with Gasteiger partial charge in [-0.15, -0.1) is 0 Å². The Morgan fingerprint density at radius 3 is 1.92 bits per heavy atom. The average Bonchev–Trinajstić information content (AvgIpc) is 2.61. The molecule has 0 fully saturated rings. The smallest absolute Gasteiger partial charge is 0.497 e. The summed E-state index contributed by atoms with van der Waals surface area (Å²) in [4.78, 5) is 47.8. The van der Waals surface area contributed by atoms with Crippen molar-refractivity contribution in [1.29, 1.82) is 0 Å². The van der Waals surface area contributed by atoms with Crippen LogP contribution < -0.4 is 72.9 Å². The van der Waals surface area contributed by atoms with Gasteiger partial charge in [-0.2, -0.15) is 5.56 Å². The zero-order chi connectivity index (χ0) is 18.9. The molecule has 1 heterocycles. The number of hydrogen-bond donors (Lipinski definition) is 0. The Morgan fingerprint density at radius 2 is 1.54 bits per heavy atom. The van der Waals surface area contributed by atoms with Crippen molar-refractivity contribution in [3.63, 3.8) is 0 Å². The maximum Gasteiger partial charge on any atom is 1.00 e. The summed E-state index contributed by atoms with van der Waals surface area (Å²) in [7, 11) is 3.94. The molecule has 0 spiro atoms. The second kappa shape index (κ2) is 8.95. The number of nitro groups is 1. The van der Waals surface area contributed by atoms with E-state index in [2.05, 4.69) is 0 Å². The SMILES string of the molecule is COc1ccc(C([c-]2c(=O)n(C)c(=O)n(C)c2=O)C(C)[N+](=O)[O-])cc1.[K+]. The number of hydrogen-bond acceptors (Lipinski definition) is 6. The summed E-state index contributed by atoms with van der Waals surface area (Å²) in [5.74, 6) is -0.564. The van der Waals surface area contributed by atoms with Gasteiger partial charge in [0.25, 0.3) is 0 Å². The van der Waals surface area contributed by atoms with Crippen LogP contribution in [0.25, 0.3) is 0 Å². The second-order valence-electron chi connectivity index (χ2n) is 5.70. The van der Waals surface area contributed by atoms with Crippen LogP contribution in [0, 0.1) is 10.1 Å². The molecule has 0 saturated carbocycles. The van der Waals surface area contributed by atoms with Crippen molar-refractivity contribution in [3.05, 3.63) is 76.7 Å². The topological polar surface area (TPSA) is 113 Å². The minimum atomic E-state index is -1.24. The number of benzene rings is 1. The van der Waals surface area contributed by atoms with E-state index < -0.39 is 33.7 Å². The molecule has 1 aromatic carbocycles. The molecule has 1 aromatic heterocycles. The first kappa shape index (κ1) is 22.6. The standard InChI is InChI=1S/C16H18N3O6.K/c1-9(19(23)24)12(10-5-7-11(25-4)8-6-10)13-14(20)17(2)16(22)18(3)15(13)21;/h5-9,12H,1-4H3;/q-1;+1. The molecule has 0 amide bonds. The molecule has 2 atom stereocenters. The molecule has 0 radical (unpaired) electrons. The molecule has 26 heavy (non-hydrogen) atoms. The number of ether oxygens (including phenoxy) is 1. The summed E-state index contributed by atoms with van der Waals surface area (Å²) in [5, 5.41) is 11.4. The minimum absolute atomic E-state index is 0. The van der Waals surface area contributed by atoms with Crippen LogP contribution in [-0.2, 0) is 14.1 Å². The fourth-order valence-electron chi connectivity index (χ4n) is 2.74. The van der Waals surface area contributed by atoms with E-state index in [1.54, 1.807) is 24.3 Å². The summed E-state index contributed by atoms with van der Waals surface area (Å²) in [6.45, 7) is 1.32. The van der Waals surface area contributed by atoms with Crippen molar-refractivity contribution in [2.45, 2.75) is 18.9 Å². The summed E-state index contributed by atoms with van der Waals surface area (Å²) >= 11 is 0. The van der Waals surface area contributed by atoms with Crippen LogP contribution in [-0.4, -0.2) is 27.2 Å². The summed E-state index contributed by atoms with van der Waals surface area (Å²) < 4.78 is 6.61. The van der Waals surface area contributed by atoms with Crippen molar-refractivity contribution in [2.24, 2.45) is 14.1 Å². The van der Waals surface area contributed by atoms with E-state index in [0.717, 1.165) is 9.13 Å². The van der Waals surface area contributed by atoms with Gasteiger partial charge in [0.15, 0.2) is 6.04 Å². The van der Waals surface area contributed by atoms with Crippen molar-refractivity contribution >= 4 is 0 Å². The van der Waals surface area contributed by atoms with Crippen molar-refractivity contribution in [3.8, 4) is 5.75 Å². The van der Waals surface area contributed by atoms with Crippen LogP contribution in [0.2, 0.25) is 0 Å². The maximum atomic E-state index is 12.5. The third-order valence-corrected chi connectivity index (χ3v) is 4.24.